The van der Waals surface area contributed by atoms with Gasteiger partial charge in [-0.25, -0.2) is 0 Å². The summed E-state index contributed by atoms with van der Waals surface area (Å²) in [5.41, 5.74) is 0. The van der Waals surface area contributed by atoms with E-state index in [0.29, 0.717) is 12.6 Å². The van der Waals surface area contributed by atoms with E-state index in [1.165, 1.54) is 58.5 Å². The van der Waals surface area contributed by atoms with Crippen LogP contribution in [0.1, 0.15) is 65.2 Å². The van der Waals surface area contributed by atoms with Crippen LogP contribution in [0.5, 0.6) is 0 Å². The molecule has 0 aliphatic heterocycles. The van der Waals surface area contributed by atoms with Crippen LogP contribution in [0.25, 0.3) is 0 Å². The largest absolute Gasteiger partial charge is 0.468 e. The van der Waals surface area contributed by atoms with E-state index in [1.54, 1.807) is 0 Å². The molecule has 19 heavy (non-hydrogen) atoms. The molecule has 3 heteroatoms. The van der Waals surface area contributed by atoms with Crippen LogP contribution in [-0.2, 0) is 9.53 Å². The lowest BCUT2D eigenvalue weighted by Crippen LogP contribution is -2.41. The zero-order chi connectivity index (χ0) is 14.1. The van der Waals surface area contributed by atoms with E-state index in [9.17, 15) is 4.79 Å². The van der Waals surface area contributed by atoms with Gasteiger partial charge in [0, 0.05) is 12.6 Å². The molecule has 1 saturated carbocycles. The van der Waals surface area contributed by atoms with Crippen LogP contribution < -0.4 is 0 Å². The van der Waals surface area contributed by atoms with E-state index < -0.39 is 0 Å². The summed E-state index contributed by atoms with van der Waals surface area (Å²) in [5, 5.41) is 0. The highest BCUT2D eigenvalue weighted by Gasteiger charge is 2.26. The summed E-state index contributed by atoms with van der Waals surface area (Å²) >= 11 is 0. The van der Waals surface area contributed by atoms with Crippen molar-refractivity contribution in [3.05, 3.63) is 0 Å². The van der Waals surface area contributed by atoms with Crippen LogP contribution >= 0.6 is 0 Å². The normalized spacial score (nSPS) is 17.9. The quantitative estimate of drug-likeness (QED) is 0.599. The number of rotatable bonds is 9. The molecule has 0 aromatic heterocycles. The first-order chi connectivity index (χ1) is 9.21. The van der Waals surface area contributed by atoms with E-state index in [4.69, 9.17) is 4.74 Å². The summed E-state index contributed by atoms with van der Waals surface area (Å²) in [7, 11) is 1.49. The van der Waals surface area contributed by atoms with Crippen LogP contribution in [-0.4, -0.2) is 37.1 Å². The van der Waals surface area contributed by atoms with Crippen molar-refractivity contribution < 1.29 is 9.53 Å². The van der Waals surface area contributed by atoms with Gasteiger partial charge in [0.2, 0.25) is 0 Å². The smallest absolute Gasteiger partial charge is 0.319 e. The van der Waals surface area contributed by atoms with Crippen molar-refractivity contribution >= 4 is 5.97 Å². The molecular weight excluding hydrogens is 238 g/mol. The molecule has 1 aliphatic rings. The highest BCUT2D eigenvalue weighted by Crippen LogP contribution is 2.25. The number of carbonyl (C=O) groups is 1. The van der Waals surface area contributed by atoms with Gasteiger partial charge >= 0.3 is 5.97 Å². The molecular formula is C16H31NO2. The van der Waals surface area contributed by atoms with Crippen molar-refractivity contribution in [3.8, 4) is 0 Å². The maximum atomic E-state index is 11.6. The first kappa shape index (κ1) is 16.5. The molecule has 0 bridgehead atoms. The Hall–Kier alpha value is -0.570. The standard InChI is InChI=1S/C16H31NO2/c1-4-6-9-14(5-2)12-17(13-16(18)19-3)15-10-7-8-11-15/h14-15H,4-13H2,1-3H3. The monoisotopic (exact) mass is 269 g/mol. The van der Waals surface area contributed by atoms with Gasteiger partial charge in [-0.05, 0) is 25.2 Å². The van der Waals surface area contributed by atoms with E-state index in [0.717, 1.165) is 12.5 Å². The number of methoxy groups -OCH3 is 1. The van der Waals surface area contributed by atoms with Gasteiger partial charge in [0.25, 0.3) is 0 Å². The minimum atomic E-state index is -0.0859. The number of hydrogen-bond donors (Lipinski definition) is 0. The van der Waals surface area contributed by atoms with Gasteiger partial charge < -0.3 is 4.74 Å². The second-order valence-electron chi connectivity index (χ2n) is 5.86. The summed E-state index contributed by atoms with van der Waals surface area (Å²) in [4.78, 5) is 14.0. The van der Waals surface area contributed by atoms with Crippen molar-refractivity contribution in [1.82, 2.24) is 4.90 Å². The lowest BCUT2D eigenvalue weighted by molar-refractivity contribution is -0.142. The lowest BCUT2D eigenvalue weighted by Gasteiger charge is -2.31. The molecule has 0 aromatic rings. The molecule has 0 saturated heterocycles. The Bertz CT molecular complexity index is 249. The van der Waals surface area contributed by atoms with E-state index in [-0.39, 0.29) is 5.97 Å². The van der Waals surface area contributed by atoms with Crippen LogP contribution in [0.2, 0.25) is 0 Å². The summed E-state index contributed by atoms with van der Waals surface area (Å²) in [6.45, 7) is 6.06. The zero-order valence-electron chi connectivity index (χ0n) is 13.0. The fourth-order valence-corrected chi connectivity index (χ4v) is 3.09. The molecule has 0 amide bonds. The van der Waals surface area contributed by atoms with Gasteiger partial charge in [0.15, 0.2) is 0 Å². The maximum absolute atomic E-state index is 11.6. The van der Waals surface area contributed by atoms with Crippen LogP contribution in [0.15, 0.2) is 0 Å². The van der Waals surface area contributed by atoms with Crippen LogP contribution in [0.3, 0.4) is 0 Å². The third kappa shape index (κ3) is 5.94. The average Bonchev–Trinajstić information content (AvgIpc) is 2.95. The van der Waals surface area contributed by atoms with Gasteiger partial charge in [-0.1, -0.05) is 46.0 Å². The Kier molecular flexibility index (Phi) is 8.11. The van der Waals surface area contributed by atoms with Crippen molar-refractivity contribution in [2.75, 3.05) is 20.2 Å². The molecule has 1 unspecified atom stereocenters. The maximum Gasteiger partial charge on any atom is 0.319 e. The number of unbranched alkanes of at least 4 members (excludes halogenated alkanes) is 1. The first-order valence-corrected chi connectivity index (χ1v) is 8.02. The van der Waals surface area contributed by atoms with Gasteiger partial charge in [-0.15, -0.1) is 0 Å². The summed E-state index contributed by atoms with van der Waals surface area (Å²) in [5.74, 6) is 0.641. The van der Waals surface area contributed by atoms with E-state index in [1.807, 2.05) is 0 Å². The van der Waals surface area contributed by atoms with Gasteiger partial charge in [-0.2, -0.15) is 0 Å². The highest BCUT2D eigenvalue weighted by atomic mass is 16.5. The van der Waals surface area contributed by atoms with Crippen molar-refractivity contribution in [1.29, 1.82) is 0 Å². The fourth-order valence-electron chi connectivity index (χ4n) is 3.09. The first-order valence-electron chi connectivity index (χ1n) is 8.02. The summed E-state index contributed by atoms with van der Waals surface area (Å²) < 4.78 is 4.86. The Labute approximate surface area is 118 Å². The molecule has 1 aliphatic carbocycles. The molecule has 1 fully saturated rings. The second-order valence-corrected chi connectivity index (χ2v) is 5.86. The Morgan fingerprint density at radius 2 is 2.00 bits per heavy atom. The molecule has 1 rings (SSSR count). The number of esters is 1. The molecule has 112 valence electrons. The average molecular weight is 269 g/mol. The molecule has 0 spiro atoms. The number of carbonyl (C=O) groups excluding carboxylic acids is 1. The third-order valence-electron chi connectivity index (χ3n) is 4.44. The van der Waals surface area contributed by atoms with E-state index >= 15 is 0 Å². The molecule has 0 heterocycles. The molecule has 0 radical (unpaired) electrons. The van der Waals surface area contributed by atoms with E-state index in [2.05, 4.69) is 18.7 Å². The van der Waals surface area contributed by atoms with Crippen molar-refractivity contribution in [2.45, 2.75) is 71.3 Å². The summed E-state index contributed by atoms with van der Waals surface area (Å²) in [6.07, 6.45) is 10.2. The lowest BCUT2D eigenvalue weighted by atomic mass is 9.97. The summed E-state index contributed by atoms with van der Waals surface area (Å²) in [6, 6.07) is 0.606. The van der Waals surface area contributed by atoms with Gasteiger partial charge in [0.05, 0.1) is 13.7 Å². The molecule has 1 atom stereocenters. The molecule has 0 aromatic carbocycles. The van der Waals surface area contributed by atoms with Crippen LogP contribution in [0.4, 0.5) is 0 Å². The predicted octanol–water partition coefficient (Wildman–Crippen LogP) is 3.62. The third-order valence-corrected chi connectivity index (χ3v) is 4.44. The number of nitrogens with zero attached hydrogens (tertiary/aromatic N) is 1. The predicted molar refractivity (Wildman–Crippen MR) is 79.2 cm³/mol. The highest BCUT2D eigenvalue weighted by molar-refractivity contribution is 5.71. The molecule has 3 nitrogen and oxygen atoms in total. The van der Waals surface area contributed by atoms with Crippen LogP contribution in [0, 0.1) is 5.92 Å². The minimum absolute atomic E-state index is 0.0859. The SMILES string of the molecule is CCCCC(CC)CN(CC(=O)OC)C1CCCC1. The number of hydrogen-bond acceptors (Lipinski definition) is 3. The van der Waals surface area contributed by atoms with Gasteiger partial charge in [-0.3, -0.25) is 9.69 Å². The second kappa shape index (κ2) is 9.35. The Balaban J connectivity index is 2.52. The minimum Gasteiger partial charge on any atom is -0.468 e. The Morgan fingerprint density at radius 1 is 1.32 bits per heavy atom. The van der Waals surface area contributed by atoms with Gasteiger partial charge in [0.1, 0.15) is 0 Å². The van der Waals surface area contributed by atoms with Crippen molar-refractivity contribution in [2.24, 2.45) is 5.92 Å². The number of ether oxygens (including phenoxy) is 1. The van der Waals surface area contributed by atoms with Crippen molar-refractivity contribution in [3.63, 3.8) is 0 Å². The Morgan fingerprint density at radius 3 is 2.53 bits per heavy atom. The molecule has 0 N–H and O–H groups in total. The zero-order valence-corrected chi connectivity index (χ0v) is 13.0. The fraction of sp³-hybridized carbons (Fsp3) is 0.938. The topological polar surface area (TPSA) is 29.5 Å².